The number of nitrogens with one attached hydrogen (secondary N) is 2. The van der Waals surface area contributed by atoms with Crippen LogP contribution in [0, 0.1) is 17.0 Å². The van der Waals surface area contributed by atoms with E-state index in [0.29, 0.717) is 83.9 Å². The smallest absolute Gasteiger partial charge is 0.306 e. The van der Waals surface area contributed by atoms with Gasteiger partial charge in [0.15, 0.2) is 36.6 Å². The number of anilines is 2. The van der Waals surface area contributed by atoms with E-state index in [2.05, 4.69) is 132 Å². The number of phenolic OH excluding ortho intramolecular Hbond substituents is 2. The fourth-order valence-corrected chi connectivity index (χ4v) is 21.2. The van der Waals surface area contributed by atoms with Crippen molar-refractivity contribution in [3.63, 3.8) is 0 Å². The van der Waals surface area contributed by atoms with Crippen LogP contribution in [0.3, 0.4) is 0 Å². The SMILES string of the molecule is C.C.CNCCN(C)C.CO[Si](C)(C)CCCS.C[Si](C)(CCCN1C(=O)C=CC1=O)O[Si](C)(C)CCCN1C(=O)C=CC1=O.NCCCOCCOCCOCCCN.Nc1cc(F)c(F)cc1N.O=C(CCS)OCC(COC(=O)CCS)(COC(=O)CCS)COC(=O)CCS.Oc1ccccc1CCCCNCc1ccccc1O. The number of imide groups is 2. The van der Waals surface area contributed by atoms with Gasteiger partial charge in [0.05, 0.1) is 63.5 Å². The first-order valence-corrected chi connectivity index (χ1v) is 51.7. The van der Waals surface area contributed by atoms with E-state index in [-0.39, 0.29) is 125 Å². The van der Waals surface area contributed by atoms with E-state index in [9.17, 15) is 57.4 Å². The second kappa shape index (κ2) is 72.8. The summed E-state index contributed by atoms with van der Waals surface area (Å²) in [4.78, 5) is 98.2. The molecule has 0 unspecified atom stereocenters. The maximum atomic E-state index is 12.2. The van der Waals surface area contributed by atoms with Gasteiger partial charge in [0.1, 0.15) is 43.3 Å². The molecule has 0 aromatic heterocycles. The molecule has 0 fully saturated rings. The Kier molecular flexibility index (Phi) is 73.2. The summed E-state index contributed by atoms with van der Waals surface area (Å²) in [5, 5.41) is 25.7. The number of benzene rings is 3. The molecule has 0 saturated carbocycles. The van der Waals surface area contributed by atoms with Gasteiger partial charge in [0.2, 0.25) is 0 Å². The van der Waals surface area contributed by atoms with Gasteiger partial charge in [-0.25, -0.2) is 8.78 Å². The van der Waals surface area contributed by atoms with Gasteiger partial charge in [0, 0.05) is 118 Å². The number of nitrogen functional groups attached to an aromatic ring is 2. The number of amides is 4. The fraction of sp³-hybridized carbons (Fsp3) is 0.630. The van der Waals surface area contributed by atoms with E-state index in [1.165, 1.54) is 46.6 Å². The number of ether oxygens (including phenoxy) is 7. The molecule has 38 heteroatoms. The van der Waals surface area contributed by atoms with Gasteiger partial charge in [-0.1, -0.05) is 51.3 Å². The normalized spacial score (nSPS) is 12.2. The molecule has 5 rings (SSSR count). The highest BCUT2D eigenvalue weighted by Crippen LogP contribution is 2.27. The van der Waals surface area contributed by atoms with Crippen molar-refractivity contribution in [3.8, 4) is 11.5 Å². The third-order valence-electron chi connectivity index (χ3n) is 16.6. The molecule has 0 spiro atoms. The zero-order chi connectivity index (χ0) is 88.5. The molecule has 0 radical (unpaired) electrons. The molecule has 684 valence electrons. The van der Waals surface area contributed by atoms with E-state index in [1.54, 1.807) is 12.1 Å². The molecule has 2 aliphatic heterocycles. The number of likely N-dealkylation sites (N-methyl/N-ethyl adjacent to an activating group) is 2. The number of aromatic hydroxyl groups is 2. The van der Waals surface area contributed by atoms with Gasteiger partial charge in [-0.05, 0) is 173 Å². The molecule has 0 aliphatic carbocycles. The topological polar surface area (TPSA) is 398 Å². The van der Waals surface area contributed by atoms with Crippen molar-refractivity contribution in [2.24, 2.45) is 16.9 Å². The molecule has 119 heavy (non-hydrogen) atoms. The zero-order valence-corrected chi connectivity index (χ0v) is 77.9. The molecule has 2 aliphatic rings. The quantitative estimate of drug-likeness (QED) is 0.00475. The molecule has 3 aromatic rings. The zero-order valence-electron chi connectivity index (χ0n) is 70.4. The maximum Gasteiger partial charge on any atom is 0.306 e. The van der Waals surface area contributed by atoms with Crippen molar-refractivity contribution >= 4 is 147 Å². The summed E-state index contributed by atoms with van der Waals surface area (Å²) in [6.07, 6.45) is 13.0. The molecule has 28 nitrogen and oxygen atoms in total. The monoisotopic (exact) mass is 1830 g/mol. The van der Waals surface area contributed by atoms with Crippen LogP contribution in [0.15, 0.2) is 85.0 Å². The van der Waals surface area contributed by atoms with Gasteiger partial charge >= 0.3 is 23.9 Å². The number of aryl methyl sites for hydroxylation is 1. The number of nitrogens with zero attached hydrogens (tertiary/aromatic N) is 3. The Hall–Kier alpha value is -5.64. The first kappa shape index (κ1) is 120. The number of phenols is 2. The molecule has 3 aromatic carbocycles. The van der Waals surface area contributed by atoms with Crippen LogP contribution in [-0.2, 0) is 93.0 Å². The Labute approximate surface area is 738 Å². The Morgan fingerprint density at radius 1 is 0.504 bits per heavy atom. The highest BCUT2D eigenvalue weighted by atomic mass is 32.1. The molecule has 0 bridgehead atoms. The molecule has 12 N–H and O–H groups in total. The predicted molar refractivity (Wildman–Crippen MR) is 496 cm³/mol. The number of halogens is 2. The lowest BCUT2D eigenvalue weighted by Crippen LogP contribution is -2.45. The average Bonchev–Trinajstić information content (AvgIpc) is 1.82. The fourth-order valence-electron chi connectivity index (χ4n) is 9.92. The number of rotatable bonds is 52. The van der Waals surface area contributed by atoms with Crippen molar-refractivity contribution in [1.29, 1.82) is 0 Å². The van der Waals surface area contributed by atoms with Crippen LogP contribution in [0.1, 0.15) is 96.6 Å². The number of para-hydroxylation sites is 2. The number of hydrogen-bond acceptors (Lipinski definition) is 31. The van der Waals surface area contributed by atoms with Crippen molar-refractivity contribution < 1.29 is 99.0 Å². The van der Waals surface area contributed by atoms with E-state index in [0.717, 1.165) is 106 Å². The van der Waals surface area contributed by atoms with Crippen LogP contribution in [0.4, 0.5) is 20.2 Å². The minimum absolute atomic E-state index is 0. The summed E-state index contributed by atoms with van der Waals surface area (Å²) in [5.74, 6) is -2.19. The Morgan fingerprint density at radius 2 is 0.857 bits per heavy atom. The minimum atomic E-state index is -1.93. The summed E-state index contributed by atoms with van der Waals surface area (Å²) in [7, 11) is 2.80. The Bertz CT molecular complexity index is 3040. The first-order valence-electron chi connectivity index (χ1n) is 39.2. The van der Waals surface area contributed by atoms with Crippen molar-refractivity contribution in [3.05, 3.63) is 108 Å². The molecule has 2 heterocycles. The van der Waals surface area contributed by atoms with Crippen LogP contribution in [0.2, 0.25) is 57.4 Å². The number of nitrogens with two attached hydrogens (primary N) is 4. The number of unbranched alkanes of at least 4 members (excludes halogenated alkanes) is 1. The molecular weight excluding hydrogens is 1690 g/mol. The standard InChI is InChI=1S/C18H28N2O5Si2.C17H21NO2.C17H28O8S4.C10H24N2O3.C6H6F2N2.C6H16OSSi.C5H14N2.2CH4/c1-26(2,13-5-11-19-15(21)7-8-16(19)22)25-27(3,4)14-6-12-20-17(23)9-10-18(20)24;19-16-10-3-1-7-14(16)8-5-6-12-18-13-15-9-2-4-11-17(15)20;18-13(1-5-26)22-9-17(10-23-14(19)2-6-27,11-24-15(20)3-7-28)12-25-16(21)4-8-29;11-3-1-5-13-7-9-15-10-8-14-6-2-4-12;7-3-1-5(9)6(10)2-4(3)8;1-7-9(2,3)6-4-5-8;1-6-4-5-7(2)3;;/h7-10H,5-6,11-14H2,1-4H3;1-4,7,9-11,18-20H,5-6,8,12-13H2;26-29H,1-12H2;1-12H2;1-2H,9-10H2;8H,4-6H2,1-3H3;6H,4-5H2,1-3H3;2*1H4. The minimum Gasteiger partial charge on any atom is -0.508 e. The Balaban J connectivity index is -0.000000679. The molecule has 4 amide bonds. The number of esters is 4. The van der Waals surface area contributed by atoms with Crippen LogP contribution < -0.4 is 33.6 Å². The molecule has 0 atom stereocenters. The number of carbonyl (C=O) groups is 8. The lowest BCUT2D eigenvalue weighted by Gasteiger charge is -2.34. The van der Waals surface area contributed by atoms with E-state index in [1.807, 2.05) is 50.6 Å². The summed E-state index contributed by atoms with van der Waals surface area (Å²) < 4.78 is 73.0. The van der Waals surface area contributed by atoms with E-state index in [4.69, 9.17) is 64.6 Å². The largest absolute Gasteiger partial charge is 0.508 e. The lowest BCUT2D eigenvalue weighted by molar-refractivity contribution is -0.170. The van der Waals surface area contributed by atoms with Gasteiger partial charge in [-0.15, -0.1) is 0 Å². The predicted octanol–water partition coefficient (Wildman–Crippen LogP) is 10.7. The molecule has 0 saturated heterocycles. The number of carbonyl (C=O) groups excluding carboxylic acids is 8. The Morgan fingerprint density at radius 3 is 1.18 bits per heavy atom. The van der Waals surface area contributed by atoms with Gasteiger partial charge in [-0.3, -0.25) is 48.2 Å². The average molecular weight is 1830 g/mol. The molecular formula is C81H145F2N9O19S5Si3. The van der Waals surface area contributed by atoms with Crippen molar-refractivity contribution in [1.82, 2.24) is 25.3 Å². The second-order valence-corrected chi connectivity index (χ2v) is 44.3. The maximum absolute atomic E-state index is 12.2. The van der Waals surface area contributed by atoms with Gasteiger partial charge in [0.25, 0.3) is 23.6 Å². The van der Waals surface area contributed by atoms with E-state index >= 15 is 0 Å². The van der Waals surface area contributed by atoms with Crippen molar-refractivity contribution in [2.45, 2.75) is 156 Å². The summed E-state index contributed by atoms with van der Waals surface area (Å²) in [6, 6.07) is 19.5. The van der Waals surface area contributed by atoms with Crippen LogP contribution in [0.5, 0.6) is 11.5 Å². The highest BCUT2D eigenvalue weighted by Gasteiger charge is 2.38. The lowest BCUT2D eigenvalue weighted by atomic mass is 9.92. The third-order valence-corrected chi connectivity index (χ3v) is 28.0. The van der Waals surface area contributed by atoms with Crippen LogP contribution in [0.25, 0.3) is 0 Å². The van der Waals surface area contributed by atoms with Crippen LogP contribution in [-0.4, -0.2) is 266 Å². The van der Waals surface area contributed by atoms with Gasteiger partial charge < -0.3 is 90.4 Å². The summed E-state index contributed by atoms with van der Waals surface area (Å²) in [5.41, 5.74) is 21.7. The summed E-state index contributed by atoms with van der Waals surface area (Å²) in [6.45, 7) is 21.9. The number of thiol groups is 5. The number of hydrogen-bond donors (Lipinski definition) is 13. The highest BCUT2D eigenvalue weighted by molar-refractivity contribution is 7.80. The van der Waals surface area contributed by atoms with Crippen LogP contribution >= 0.6 is 63.1 Å². The van der Waals surface area contributed by atoms with Gasteiger partial charge in [-0.2, -0.15) is 63.1 Å². The second-order valence-electron chi connectivity index (χ2n) is 28.8. The van der Waals surface area contributed by atoms with Crippen molar-refractivity contribution in [2.75, 3.05) is 180 Å². The first-order chi connectivity index (χ1) is 55.5. The van der Waals surface area contributed by atoms with E-state index < -0.39 is 65.9 Å². The third kappa shape index (κ3) is 63.0. The summed E-state index contributed by atoms with van der Waals surface area (Å²) >= 11 is 20.0.